The summed E-state index contributed by atoms with van der Waals surface area (Å²) in [6.07, 6.45) is 1.28. The van der Waals surface area contributed by atoms with Gasteiger partial charge in [-0.15, -0.1) is 0 Å². The summed E-state index contributed by atoms with van der Waals surface area (Å²) in [5, 5.41) is 26.2. The van der Waals surface area contributed by atoms with E-state index in [1.807, 2.05) is 18.2 Å². The van der Waals surface area contributed by atoms with Gasteiger partial charge < -0.3 is 24.7 Å². The van der Waals surface area contributed by atoms with Crippen molar-refractivity contribution in [3.8, 4) is 11.5 Å². The third kappa shape index (κ3) is 6.74. The van der Waals surface area contributed by atoms with E-state index < -0.39 is 21.9 Å². The smallest absolute Gasteiger partial charge is 0.411 e. The topological polar surface area (TPSA) is 146 Å². The van der Waals surface area contributed by atoms with E-state index in [0.29, 0.717) is 18.7 Å². The number of carbonyl (C=O) groups excluding carboxylic acids is 1. The first-order valence-corrected chi connectivity index (χ1v) is 14.0. The third-order valence-electron chi connectivity index (χ3n) is 5.51. The number of aliphatic hydroxyl groups excluding tert-OH is 1. The molecule has 4 rings (SSSR count). The van der Waals surface area contributed by atoms with Crippen LogP contribution in [-0.4, -0.2) is 59.1 Å². The lowest BCUT2D eigenvalue weighted by atomic mass is 10.1. The lowest BCUT2D eigenvalue weighted by molar-refractivity contribution is -0.119. The van der Waals surface area contributed by atoms with Crippen LogP contribution < -0.4 is 19.6 Å². The number of nitrogens with one attached hydrogen (secondary N) is 3. The molecule has 1 unspecified atom stereocenters. The Balaban J connectivity index is 1.26. The first-order valence-electron chi connectivity index (χ1n) is 11.7. The zero-order chi connectivity index (χ0) is 26.4. The maximum Gasteiger partial charge on any atom is 0.411 e. The Hall–Kier alpha value is -3.26. The summed E-state index contributed by atoms with van der Waals surface area (Å²) in [5.74, 6) is 0.403. The van der Waals surface area contributed by atoms with E-state index in [9.17, 15) is 18.3 Å². The maximum atomic E-state index is 12.7. The summed E-state index contributed by atoms with van der Waals surface area (Å²) in [7, 11) is -4.22. The molecule has 1 aliphatic rings. The fourth-order valence-corrected chi connectivity index (χ4v) is 5.97. The van der Waals surface area contributed by atoms with Gasteiger partial charge in [0.1, 0.15) is 18.1 Å². The van der Waals surface area contributed by atoms with Gasteiger partial charge in [0, 0.05) is 37.7 Å². The van der Waals surface area contributed by atoms with Gasteiger partial charge in [0.15, 0.2) is 5.50 Å². The maximum absolute atomic E-state index is 12.7. The molecular weight excluding hydrogens is 518 g/mol. The predicted molar refractivity (Wildman–Crippen MR) is 141 cm³/mol. The van der Waals surface area contributed by atoms with Crippen LogP contribution in [0.15, 0.2) is 54.1 Å². The number of H-pyrrole nitrogens is 1. The molecule has 0 saturated heterocycles. The van der Waals surface area contributed by atoms with E-state index in [0.717, 1.165) is 44.8 Å². The molecule has 3 aromatic rings. The molecule has 37 heavy (non-hydrogen) atoms. The Bertz CT molecular complexity index is 1380. The van der Waals surface area contributed by atoms with Gasteiger partial charge in [0.25, 0.3) is 0 Å². The molecule has 0 bridgehead atoms. The van der Waals surface area contributed by atoms with Crippen molar-refractivity contribution >= 4 is 38.9 Å². The fourth-order valence-electron chi connectivity index (χ4n) is 3.72. The highest BCUT2D eigenvalue weighted by atomic mass is 32.2. The number of aromatic nitrogens is 2. The SMILES string of the molecule is CCc1n[nH]c2cc(OCCNC[C@H](O)c3cccc(OS(=O)(=O)N4C=CSC4NC(C)=O)c3)ccc12. The molecule has 198 valence electrons. The number of hydrogen-bond acceptors (Lipinski definition) is 9. The number of rotatable bonds is 12. The Kier molecular flexibility index (Phi) is 8.59. The van der Waals surface area contributed by atoms with Gasteiger partial charge in [-0.2, -0.15) is 13.5 Å². The summed E-state index contributed by atoms with van der Waals surface area (Å²) < 4.78 is 37.4. The zero-order valence-corrected chi connectivity index (χ0v) is 22.0. The molecule has 11 nitrogen and oxygen atoms in total. The van der Waals surface area contributed by atoms with Gasteiger partial charge in [0.05, 0.1) is 17.3 Å². The lowest BCUT2D eigenvalue weighted by Crippen LogP contribution is -2.44. The zero-order valence-electron chi connectivity index (χ0n) is 20.4. The highest BCUT2D eigenvalue weighted by Gasteiger charge is 2.33. The van der Waals surface area contributed by atoms with Gasteiger partial charge in [-0.25, -0.2) is 4.31 Å². The van der Waals surface area contributed by atoms with E-state index in [2.05, 4.69) is 27.8 Å². The van der Waals surface area contributed by atoms with E-state index in [4.69, 9.17) is 8.92 Å². The Morgan fingerprint density at radius 3 is 2.89 bits per heavy atom. The lowest BCUT2D eigenvalue weighted by Gasteiger charge is -2.24. The standard InChI is InChI=1S/C24H29N5O6S2/c1-3-21-20-8-7-18(14-22(20)28-27-21)34-11-9-25-15-23(31)17-5-4-6-19(13-17)35-37(32,33)29-10-12-36-24(29)26-16(2)30/h4-8,10,12-14,23-25,31H,3,9,11,15H2,1-2H3,(H,26,30)(H,27,28)/t23-,24?/m0/s1. The number of ether oxygens (including phenoxy) is 1. The van der Waals surface area contributed by atoms with Crippen LogP contribution in [0.3, 0.4) is 0 Å². The molecule has 0 radical (unpaired) electrons. The number of nitrogens with zero attached hydrogens (tertiary/aromatic N) is 2. The van der Waals surface area contributed by atoms with Crippen LogP contribution in [0.5, 0.6) is 11.5 Å². The van der Waals surface area contributed by atoms with Crippen molar-refractivity contribution in [2.75, 3.05) is 19.7 Å². The minimum Gasteiger partial charge on any atom is -0.492 e. The minimum absolute atomic E-state index is 0.0483. The summed E-state index contributed by atoms with van der Waals surface area (Å²) in [6.45, 7) is 4.48. The van der Waals surface area contributed by atoms with Crippen molar-refractivity contribution < 1.29 is 27.2 Å². The minimum atomic E-state index is -4.22. The van der Waals surface area contributed by atoms with Crippen molar-refractivity contribution in [1.82, 2.24) is 25.1 Å². The summed E-state index contributed by atoms with van der Waals surface area (Å²) in [4.78, 5) is 11.3. The first-order chi connectivity index (χ1) is 17.8. The highest BCUT2D eigenvalue weighted by molar-refractivity contribution is 8.03. The van der Waals surface area contributed by atoms with Crippen molar-refractivity contribution in [2.24, 2.45) is 0 Å². The van der Waals surface area contributed by atoms with Crippen LogP contribution in [0.2, 0.25) is 0 Å². The van der Waals surface area contributed by atoms with Gasteiger partial charge in [-0.1, -0.05) is 30.8 Å². The quantitative estimate of drug-likeness (QED) is 0.251. The second-order valence-electron chi connectivity index (χ2n) is 8.22. The number of benzene rings is 2. The Morgan fingerprint density at radius 2 is 2.11 bits per heavy atom. The van der Waals surface area contributed by atoms with Crippen molar-refractivity contribution in [3.63, 3.8) is 0 Å². The molecule has 2 atom stereocenters. The van der Waals surface area contributed by atoms with E-state index in [1.54, 1.807) is 17.5 Å². The van der Waals surface area contributed by atoms with Gasteiger partial charge in [-0.3, -0.25) is 9.89 Å². The number of thioether (sulfide) groups is 1. The summed E-state index contributed by atoms with van der Waals surface area (Å²) in [6, 6.07) is 12.0. The Labute approximate surface area is 219 Å². The molecule has 4 N–H and O–H groups in total. The molecule has 1 aromatic heterocycles. The predicted octanol–water partition coefficient (Wildman–Crippen LogP) is 2.39. The monoisotopic (exact) mass is 547 g/mol. The number of aromatic amines is 1. The number of amides is 1. The van der Waals surface area contributed by atoms with Crippen LogP contribution in [0, 0.1) is 0 Å². The molecule has 2 heterocycles. The second kappa shape index (κ2) is 11.9. The fraction of sp³-hybridized carbons (Fsp3) is 0.333. The molecule has 0 saturated carbocycles. The third-order valence-corrected chi connectivity index (χ3v) is 7.78. The highest BCUT2D eigenvalue weighted by Crippen LogP contribution is 2.28. The largest absolute Gasteiger partial charge is 0.492 e. The number of aryl methyl sites for hydroxylation is 1. The number of fused-ring (bicyclic) bond motifs is 1. The van der Waals surface area contributed by atoms with Crippen LogP contribution in [0.25, 0.3) is 10.9 Å². The average Bonchev–Trinajstić information content (AvgIpc) is 3.50. The van der Waals surface area contributed by atoms with E-state index in [-0.39, 0.29) is 18.2 Å². The van der Waals surface area contributed by atoms with Crippen LogP contribution in [-0.2, 0) is 21.5 Å². The molecule has 0 aliphatic carbocycles. The van der Waals surface area contributed by atoms with E-state index >= 15 is 0 Å². The summed E-state index contributed by atoms with van der Waals surface area (Å²) >= 11 is 1.13. The van der Waals surface area contributed by atoms with Crippen LogP contribution >= 0.6 is 11.8 Å². The van der Waals surface area contributed by atoms with Gasteiger partial charge in [-0.05, 0) is 41.7 Å². The van der Waals surface area contributed by atoms with Crippen LogP contribution in [0.1, 0.15) is 31.2 Å². The normalized spacial score (nSPS) is 16.2. The molecule has 0 fully saturated rings. The number of carbonyl (C=O) groups is 1. The van der Waals surface area contributed by atoms with Gasteiger partial charge in [0.2, 0.25) is 5.91 Å². The number of hydrogen-bond donors (Lipinski definition) is 4. The molecule has 1 aliphatic heterocycles. The molecule has 0 spiro atoms. The number of aliphatic hydroxyl groups is 1. The molecule has 13 heteroatoms. The van der Waals surface area contributed by atoms with Crippen LogP contribution in [0.4, 0.5) is 0 Å². The van der Waals surface area contributed by atoms with E-state index in [1.165, 1.54) is 25.3 Å². The summed E-state index contributed by atoms with van der Waals surface area (Å²) in [5.41, 5.74) is 1.61. The average molecular weight is 548 g/mol. The van der Waals surface area contributed by atoms with Gasteiger partial charge >= 0.3 is 10.3 Å². The van der Waals surface area contributed by atoms with Crippen molar-refractivity contribution in [3.05, 3.63) is 65.3 Å². The molecule has 1 amide bonds. The van der Waals surface area contributed by atoms with Crippen molar-refractivity contribution in [2.45, 2.75) is 31.9 Å². The first kappa shape index (κ1) is 26.8. The molecular formula is C24H29N5O6S2. The van der Waals surface area contributed by atoms with Crippen molar-refractivity contribution in [1.29, 1.82) is 0 Å². The second-order valence-corrected chi connectivity index (χ2v) is 10.7. The molecule has 2 aromatic carbocycles. The Morgan fingerprint density at radius 1 is 1.27 bits per heavy atom.